The second kappa shape index (κ2) is 4.91. The highest BCUT2D eigenvalue weighted by atomic mass is 79.9. The summed E-state index contributed by atoms with van der Waals surface area (Å²) in [5.41, 5.74) is 0. The summed E-state index contributed by atoms with van der Waals surface area (Å²) in [7, 11) is 1.19. The van der Waals surface area contributed by atoms with Crippen LogP contribution in [0.3, 0.4) is 0 Å². The van der Waals surface area contributed by atoms with E-state index in [4.69, 9.17) is 11.6 Å². The maximum atomic E-state index is 11.5. The number of rotatable bonds is 3. The third-order valence-electron chi connectivity index (χ3n) is 1.45. The Bertz CT molecular complexity index is 363. The van der Waals surface area contributed by atoms with Crippen molar-refractivity contribution < 1.29 is 14.3 Å². The summed E-state index contributed by atoms with van der Waals surface area (Å²) < 4.78 is 5.18. The number of Topliss-reactive ketones (excluding diaryl/α,β-unsaturated/α-hetero) is 1. The van der Waals surface area contributed by atoms with Gasteiger partial charge in [0.05, 0.1) is 15.8 Å². The van der Waals surface area contributed by atoms with E-state index in [1.54, 1.807) is 12.1 Å². The SMILES string of the molecule is COC(=O)C(Cl)C(=O)c1ccc(Br)s1. The van der Waals surface area contributed by atoms with Gasteiger partial charge in [-0.3, -0.25) is 4.79 Å². The number of halogens is 2. The molecule has 1 aromatic rings. The number of carbonyl (C=O) groups is 2. The summed E-state index contributed by atoms with van der Waals surface area (Å²) in [6.07, 6.45) is 0. The lowest BCUT2D eigenvalue weighted by atomic mass is 10.2. The van der Waals surface area contributed by atoms with Crippen LogP contribution in [0.25, 0.3) is 0 Å². The van der Waals surface area contributed by atoms with Gasteiger partial charge in [-0.25, -0.2) is 4.79 Å². The Morgan fingerprint density at radius 3 is 2.64 bits per heavy atom. The summed E-state index contributed by atoms with van der Waals surface area (Å²) in [6, 6.07) is 3.33. The molecule has 0 aliphatic heterocycles. The van der Waals surface area contributed by atoms with Gasteiger partial charge in [0.2, 0.25) is 5.78 Å². The summed E-state index contributed by atoms with van der Waals surface area (Å²) >= 11 is 10.0. The zero-order chi connectivity index (χ0) is 10.7. The zero-order valence-electron chi connectivity index (χ0n) is 7.12. The zero-order valence-corrected chi connectivity index (χ0v) is 10.3. The van der Waals surface area contributed by atoms with Gasteiger partial charge in [-0.1, -0.05) is 0 Å². The van der Waals surface area contributed by atoms with Gasteiger partial charge in [0.15, 0.2) is 5.38 Å². The fourth-order valence-corrected chi connectivity index (χ4v) is 2.41. The molecule has 0 N–H and O–H groups in total. The molecular weight excluding hydrogens is 292 g/mol. The Labute approximate surface area is 98.1 Å². The first-order chi connectivity index (χ1) is 6.56. The normalized spacial score (nSPS) is 12.2. The third kappa shape index (κ3) is 2.56. The van der Waals surface area contributed by atoms with Crippen LogP contribution >= 0.6 is 38.9 Å². The Balaban J connectivity index is 2.80. The van der Waals surface area contributed by atoms with Crippen LogP contribution in [-0.2, 0) is 9.53 Å². The van der Waals surface area contributed by atoms with Gasteiger partial charge in [0, 0.05) is 0 Å². The lowest BCUT2D eigenvalue weighted by molar-refractivity contribution is -0.139. The molecule has 0 spiro atoms. The molecule has 0 amide bonds. The van der Waals surface area contributed by atoms with Crippen LogP contribution in [-0.4, -0.2) is 24.2 Å². The van der Waals surface area contributed by atoms with E-state index in [1.165, 1.54) is 18.4 Å². The molecule has 0 aliphatic carbocycles. The number of hydrogen-bond acceptors (Lipinski definition) is 4. The quantitative estimate of drug-likeness (QED) is 0.372. The second-order valence-electron chi connectivity index (χ2n) is 2.35. The van der Waals surface area contributed by atoms with E-state index in [0.29, 0.717) is 4.88 Å². The summed E-state index contributed by atoms with van der Waals surface area (Å²) in [5.74, 6) is -1.17. The van der Waals surface area contributed by atoms with Crippen LogP contribution in [0, 0.1) is 0 Å². The van der Waals surface area contributed by atoms with Crippen molar-refractivity contribution in [2.75, 3.05) is 7.11 Å². The van der Waals surface area contributed by atoms with Crippen molar-refractivity contribution in [3.05, 3.63) is 20.8 Å². The minimum atomic E-state index is -1.26. The van der Waals surface area contributed by atoms with E-state index in [-0.39, 0.29) is 0 Å². The Kier molecular flexibility index (Phi) is 4.10. The van der Waals surface area contributed by atoms with Gasteiger partial charge >= 0.3 is 5.97 Å². The lowest BCUT2D eigenvalue weighted by Gasteiger charge is -2.03. The van der Waals surface area contributed by atoms with Crippen LogP contribution in [0.1, 0.15) is 9.67 Å². The van der Waals surface area contributed by atoms with Crippen molar-refractivity contribution in [2.24, 2.45) is 0 Å². The third-order valence-corrected chi connectivity index (χ3v) is 3.47. The Morgan fingerprint density at radius 1 is 1.57 bits per heavy atom. The Morgan fingerprint density at radius 2 is 2.21 bits per heavy atom. The number of alkyl halides is 1. The van der Waals surface area contributed by atoms with E-state index in [0.717, 1.165) is 3.79 Å². The predicted octanol–water partition coefficient (Wildman–Crippen LogP) is 2.47. The van der Waals surface area contributed by atoms with Crippen molar-refractivity contribution >= 4 is 50.6 Å². The van der Waals surface area contributed by atoms with Gasteiger partial charge in [0.25, 0.3) is 0 Å². The molecule has 0 bridgehead atoms. The number of hydrogen-bond donors (Lipinski definition) is 0. The molecule has 1 rings (SSSR count). The second-order valence-corrected chi connectivity index (χ2v) is 5.25. The molecule has 0 radical (unpaired) electrons. The predicted molar refractivity (Wildman–Crippen MR) is 58.0 cm³/mol. The van der Waals surface area contributed by atoms with Gasteiger partial charge in [-0.05, 0) is 28.1 Å². The molecule has 0 fully saturated rings. The molecule has 76 valence electrons. The highest BCUT2D eigenvalue weighted by Gasteiger charge is 2.26. The smallest absolute Gasteiger partial charge is 0.331 e. The van der Waals surface area contributed by atoms with E-state index in [1.807, 2.05) is 0 Å². The largest absolute Gasteiger partial charge is 0.468 e. The number of esters is 1. The van der Waals surface area contributed by atoms with Crippen LogP contribution < -0.4 is 0 Å². The fourth-order valence-electron chi connectivity index (χ4n) is 0.782. The minimum absolute atomic E-state index is 0.433. The molecule has 1 aromatic heterocycles. The molecular formula is C8H6BrClO3S. The molecule has 1 atom stereocenters. The molecule has 1 heterocycles. The van der Waals surface area contributed by atoms with Gasteiger partial charge in [-0.15, -0.1) is 22.9 Å². The number of ether oxygens (including phenoxy) is 1. The molecule has 0 aromatic carbocycles. The number of carbonyl (C=O) groups excluding carboxylic acids is 2. The lowest BCUT2D eigenvalue weighted by Crippen LogP contribution is -2.25. The van der Waals surface area contributed by atoms with Crippen molar-refractivity contribution in [1.29, 1.82) is 0 Å². The Hall–Kier alpha value is -0.390. The first-order valence-corrected chi connectivity index (χ1v) is 5.62. The molecule has 0 saturated carbocycles. The van der Waals surface area contributed by atoms with Crippen LogP contribution in [0.2, 0.25) is 0 Å². The van der Waals surface area contributed by atoms with Gasteiger partial charge < -0.3 is 4.74 Å². The van der Waals surface area contributed by atoms with Crippen molar-refractivity contribution in [2.45, 2.75) is 5.38 Å². The molecule has 1 unspecified atom stereocenters. The van der Waals surface area contributed by atoms with E-state index in [9.17, 15) is 9.59 Å². The van der Waals surface area contributed by atoms with E-state index >= 15 is 0 Å². The maximum absolute atomic E-state index is 11.5. The number of methoxy groups -OCH3 is 1. The number of thiophene rings is 1. The average molecular weight is 298 g/mol. The van der Waals surface area contributed by atoms with Crippen LogP contribution in [0.4, 0.5) is 0 Å². The fraction of sp³-hybridized carbons (Fsp3) is 0.250. The number of ketones is 1. The summed E-state index contributed by atoms with van der Waals surface area (Å²) in [5, 5.41) is -1.26. The molecule has 14 heavy (non-hydrogen) atoms. The molecule has 0 aliphatic rings. The first-order valence-electron chi connectivity index (χ1n) is 3.57. The first kappa shape index (κ1) is 11.7. The standard InChI is InChI=1S/C8H6BrClO3S/c1-13-8(12)6(10)7(11)4-2-3-5(9)14-4/h2-3,6H,1H3. The average Bonchev–Trinajstić information content (AvgIpc) is 2.61. The van der Waals surface area contributed by atoms with Crippen LogP contribution in [0.5, 0.6) is 0 Å². The minimum Gasteiger partial charge on any atom is -0.468 e. The van der Waals surface area contributed by atoms with Crippen molar-refractivity contribution in [1.82, 2.24) is 0 Å². The topological polar surface area (TPSA) is 43.4 Å². The van der Waals surface area contributed by atoms with Crippen molar-refractivity contribution in [3.8, 4) is 0 Å². The van der Waals surface area contributed by atoms with Gasteiger partial charge in [0.1, 0.15) is 0 Å². The van der Waals surface area contributed by atoms with Crippen molar-refractivity contribution in [3.63, 3.8) is 0 Å². The van der Waals surface area contributed by atoms with E-state index in [2.05, 4.69) is 20.7 Å². The highest BCUT2D eigenvalue weighted by molar-refractivity contribution is 9.11. The molecule has 3 nitrogen and oxygen atoms in total. The van der Waals surface area contributed by atoms with E-state index < -0.39 is 17.1 Å². The monoisotopic (exact) mass is 296 g/mol. The molecule has 0 saturated heterocycles. The maximum Gasteiger partial charge on any atom is 0.331 e. The van der Waals surface area contributed by atoms with Crippen LogP contribution in [0.15, 0.2) is 15.9 Å². The summed E-state index contributed by atoms with van der Waals surface area (Å²) in [6.45, 7) is 0. The highest BCUT2D eigenvalue weighted by Crippen LogP contribution is 2.24. The molecule has 6 heteroatoms. The summed E-state index contributed by atoms with van der Waals surface area (Å²) in [4.78, 5) is 22.9. The van der Waals surface area contributed by atoms with Gasteiger partial charge in [-0.2, -0.15) is 0 Å².